The van der Waals surface area contributed by atoms with Crippen molar-refractivity contribution in [3.05, 3.63) is 47.8 Å². The van der Waals surface area contributed by atoms with Crippen molar-refractivity contribution in [2.24, 2.45) is 0 Å². The van der Waals surface area contributed by atoms with E-state index < -0.39 is 0 Å². The molecule has 0 aliphatic heterocycles. The number of aromatic nitrogens is 2. The van der Waals surface area contributed by atoms with Crippen LogP contribution in [0, 0.1) is 13.8 Å². The van der Waals surface area contributed by atoms with E-state index in [1.165, 1.54) is 38.3 Å². The van der Waals surface area contributed by atoms with E-state index in [1.54, 1.807) is 0 Å². The average molecular weight is 389 g/mol. The molecule has 0 spiro atoms. The molecule has 29 heavy (non-hydrogen) atoms. The number of esters is 1. The number of nitrogens with zero attached hydrogens (tertiary/aromatic N) is 2. The molecule has 0 N–H and O–H groups in total. The monoisotopic (exact) mass is 388 g/mol. The SMILES string of the molecule is CCCCC(=O)Oc1ccc2c(c1)c1c(C)c3cnccc3c(C)c1n2CCC. The number of carbonyl (C=O) groups excluding carboxylic acids is 1. The lowest BCUT2D eigenvalue weighted by Gasteiger charge is -2.12. The lowest BCUT2D eigenvalue weighted by molar-refractivity contribution is -0.134. The van der Waals surface area contributed by atoms with Gasteiger partial charge in [0.05, 0.1) is 5.52 Å². The lowest BCUT2D eigenvalue weighted by Crippen LogP contribution is -2.07. The van der Waals surface area contributed by atoms with E-state index in [4.69, 9.17) is 4.74 Å². The molecule has 0 unspecified atom stereocenters. The van der Waals surface area contributed by atoms with Gasteiger partial charge in [0.2, 0.25) is 0 Å². The van der Waals surface area contributed by atoms with Crippen molar-refractivity contribution < 1.29 is 9.53 Å². The Morgan fingerprint density at radius 3 is 2.62 bits per heavy atom. The smallest absolute Gasteiger partial charge is 0.311 e. The molecule has 0 aliphatic carbocycles. The van der Waals surface area contributed by atoms with Crippen LogP contribution in [0.1, 0.15) is 50.7 Å². The Kier molecular flexibility index (Phi) is 5.27. The minimum absolute atomic E-state index is 0.161. The predicted molar refractivity (Wildman–Crippen MR) is 120 cm³/mol. The molecule has 2 aromatic carbocycles. The third-order valence-electron chi connectivity index (χ3n) is 5.81. The number of pyridine rings is 1. The Morgan fingerprint density at radius 1 is 1.03 bits per heavy atom. The molecule has 2 heterocycles. The second-order valence-corrected chi connectivity index (χ2v) is 7.80. The summed E-state index contributed by atoms with van der Waals surface area (Å²) in [5, 5.41) is 4.80. The average Bonchev–Trinajstić information content (AvgIpc) is 3.05. The quantitative estimate of drug-likeness (QED) is 0.281. The van der Waals surface area contributed by atoms with Crippen molar-refractivity contribution >= 4 is 38.5 Å². The van der Waals surface area contributed by atoms with Crippen LogP contribution < -0.4 is 4.74 Å². The topological polar surface area (TPSA) is 44.1 Å². The fourth-order valence-corrected chi connectivity index (χ4v) is 4.41. The van der Waals surface area contributed by atoms with E-state index in [1.807, 2.05) is 24.5 Å². The summed E-state index contributed by atoms with van der Waals surface area (Å²) in [6.45, 7) is 9.59. The molecule has 4 aromatic rings. The number of aryl methyl sites for hydroxylation is 3. The number of rotatable bonds is 6. The first-order chi connectivity index (χ1) is 14.1. The van der Waals surface area contributed by atoms with E-state index in [-0.39, 0.29) is 5.97 Å². The van der Waals surface area contributed by atoms with Crippen LogP contribution in [0.5, 0.6) is 5.75 Å². The maximum Gasteiger partial charge on any atom is 0.311 e. The van der Waals surface area contributed by atoms with Gasteiger partial charge in [0.25, 0.3) is 0 Å². The zero-order valence-electron chi connectivity index (χ0n) is 17.7. The molecule has 150 valence electrons. The summed E-state index contributed by atoms with van der Waals surface area (Å²) in [5.41, 5.74) is 4.95. The summed E-state index contributed by atoms with van der Waals surface area (Å²) in [5.74, 6) is 0.462. The molecule has 4 heteroatoms. The summed E-state index contributed by atoms with van der Waals surface area (Å²) >= 11 is 0. The van der Waals surface area contributed by atoms with Crippen molar-refractivity contribution in [2.45, 2.75) is 59.9 Å². The van der Waals surface area contributed by atoms with Gasteiger partial charge in [-0.1, -0.05) is 20.3 Å². The van der Waals surface area contributed by atoms with Crippen LogP contribution in [0.15, 0.2) is 36.7 Å². The van der Waals surface area contributed by atoms with Crippen molar-refractivity contribution in [1.29, 1.82) is 0 Å². The van der Waals surface area contributed by atoms with E-state index in [0.717, 1.165) is 31.2 Å². The minimum Gasteiger partial charge on any atom is -0.427 e. The molecule has 0 atom stereocenters. The third kappa shape index (κ3) is 3.27. The first-order valence-electron chi connectivity index (χ1n) is 10.6. The summed E-state index contributed by atoms with van der Waals surface area (Å²) in [6, 6.07) is 8.15. The van der Waals surface area contributed by atoms with Gasteiger partial charge >= 0.3 is 5.97 Å². The van der Waals surface area contributed by atoms with Crippen molar-refractivity contribution in [3.8, 4) is 5.75 Å². The van der Waals surface area contributed by atoms with Crippen LogP contribution in [-0.4, -0.2) is 15.5 Å². The number of fused-ring (bicyclic) bond motifs is 4. The fourth-order valence-electron chi connectivity index (χ4n) is 4.41. The Hall–Kier alpha value is -2.88. The van der Waals surface area contributed by atoms with E-state index in [2.05, 4.69) is 49.4 Å². The Labute approximate surface area is 171 Å². The van der Waals surface area contributed by atoms with Crippen LogP contribution in [0.25, 0.3) is 32.6 Å². The molecule has 0 saturated heterocycles. The van der Waals surface area contributed by atoms with Crippen LogP contribution >= 0.6 is 0 Å². The second-order valence-electron chi connectivity index (χ2n) is 7.80. The summed E-state index contributed by atoms with van der Waals surface area (Å²) in [4.78, 5) is 16.5. The van der Waals surface area contributed by atoms with Gasteiger partial charge in [-0.3, -0.25) is 9.78 Å². The van der Waals surface area contributed by atoms with E-state index in [9.17, 15) is 4.79 Å². The molecule has 0 fully saturated rings. The van der Waals surface area contributed by atoms with Gasteiger partial charge in [-0.15, -0.1) is 0 Å². The van der Waals surface area contributed by atoms with Gasteiger partial charge in [0.1, 0.15) is 5.75 Å². The maximum absolute atomic E-state index is 12.1. The van der Waals surface area contributed by atoms with Crippen molar-refractivity contribution in [3.63, 3.8) is 0 Å². The van der Waals surface area contributed by atoms with Gasteiger partial charge in [-0.25, -0.2) is 0 Å². The third-order valence-corrected chi connectivity index (χ3v) is 5.81. The molecule has 4 rings (SSSR count). The molecule has 0 saturated carbocycles. The second kappa shape index (κ2) is 7.86. The van der Waals surface area contributed by atoms with Gasteiger partial charge in [0.15, 0.2) is 0 Å². The predicted octanol–water partition coefficient (Wildman–Crippen LogP) is 6.47. The van der Waals surface area contributed by atoms with Crippen LogP contribution in [0.4, 0.5) is 0 Å². The van der Waals surface area contributed by atoms with Gasteiger partial charge < -0.3 is 9.30 Å². The summed E-state index contributed by atoms with van der Waals surface area (Å²) in [6.07, 6.45) is 7.17. The zero-order chi connectivity index (χ0) is 20.5. The Balaban J connectivity index is 1.99. The molecular formula is C25H28N2O2. The molecule has 0 radical (unpaired) electrons. The number of hydrogen-bond donors (Lipinski definition) is 0. The largest absolute Gasteiger partial charge is 0.427 e. The van der Waals surface area contributed by atoms with E-state index in [0.29, 0.717) is 12.2 Å². The molecule has 0 amide bonds. The molecule has 2 aromatic heterocycles. The summed E-state index contributed by atoms with van der Waals surface area (Å²) < 4.78 is 8.05. The zero-order valence-corrected chi connectivity index (χ0v) is 17.7. The highest BCUT2D eigenvalue weighted by Crippen LogP contribution is 2.39. The van der Waals surface area contributed by atoms with Gasteiger partial charge in [0, 0.05) is 47.0 Å². The molecule has 0 bridgehead atoms. The maximum atomic E-state index is 12.1. The van der Waals surface area contributed by atoms with Crippen LogP contribution in [0.3, 0.4) is 0 Å². The highest BCUT2D eigenvalue weighted by molar-refractivity contribution is 6.17. The minimum atomic E-state index is -0.161. The lowest BCUT2D eigenvalue weighted by atomic mass is 9.97. The summed E-state index contributed by atoms with van der Waals surface area (Å²) in [7, 11) is 0. The van der Waals surface area contributed by atoms with Gasteiger partial charge in [-0.2, -0.15) is 0 Å². The number of ether oxygens (including phenoxy) is 1. The number of unbranched alkanes of at least 4 members (excludes halogenated alkanes) is 1. The van der Waals surface area contributed by atoms with Gasteiger partial charge in [-0.05, 0) is 67.5 Å². The first-order valence-corrected chi connectivity index (χ1v) is 10.6. The molecule has 0 aliphatic rings. The normalized spacial score (nSPS) is 11.6. The van der Waals surface area contributed by atoms with E-state index >= 15 is 0 Å². The first kappa shape index (κ1) is 19.4. The van der Waals surface area contributed by atoms with Crippen LogP contribution in [-0.2, 0) is 11.3 Å². The standard InChI is InChI=1S/C25H28N2O2/c1-5-7-8-23(28)29-18-9-10-22-20(14-18)24-16(3)21-15-26-12-11-19(21)17(4)25(24)27(22)13-6-2/h9-12,14-15H,5-8,13H2,1-4H3. The fraction of sp³-hybridized carbons (Fsp3) is 0.360. The number of benzene rings is 2. The molecule has 4 nitrogen and oxygen atoms in total. The van der Waals surface area contributed by atoms with Crippen LogP contribution in [0.2, 0.25) is 0 Å². The molecular weight excluding hydrogens is 360 g/mol. The number of hydrogen-bond acceptors (Lipinski definition) is 3. The highest BCUT2D eigenvalue weighted by Gasteiger charge is 2.19. The Bertz CT molecular complexity index is 1220. The van der Waals surface area contributed by atoms with Crippen molar-refractivity contribution in [1.82, 2.24) is 9.55 Å². The van der Waals surface area contributed by atoms with Crippen molar-refractivity contribution in [2.75, 3.05) is 0 Å². The number of carbonyl (C=O) groups is 1. The Morgan fingerprint density at radius 2 is 1.86 bits per heavy atom. The highest BCUT2D eigenvalue weighted by atomic mass is 16.5.